The molecule has 2 bridgehead atoms. The second kappa shape index (κ2) is 2.46. The summed E-state index contributed by atoms with van der Waals surface area (Å²) in [5.74, 6) is 3.09. The minimum Gasteiger partial charge on any atom is -0.299 e. The highest BCUT2D eigenvalue weighted by molar-refractivity contribution is 5.84. The zero-order valence-electron chi connectivity index (χ0n) is 8.12. The van der Waals surface area contributed by atoms with Gasteiger partial charge in [0.25, 0.3) is 0 Å². The van der Waals surface area contributed by atoms with Crippen molar-refractivity contribution in [3.05, 3.63) is 11.6 Å². The number of carbonyl (C=O) groups is 1. The molecule has 3 aliphatic rings. The van der Waals surface area contributed by atoms with Gasteiger partial charge in [0.1, 0.15) is 5.78 Å². The maximum absolute atomic E-state index is 11.6. The largest absolute Gasteiger partial charge is 0.299 e. The summed E-state index contributed by atoms with van der Waals surface area (Å²) in [7, 11) is 0. The molecule has 0 spiro atoms. The van der Waals surface area contributed by atoms with E-state index in [0.717, 1.165) is 18.3 Å². The predicted octanol–water partition coefficient (Wildman–Crippen LogP) is 2.57. The number of allylic oxidation sites excluding steroid dienone is 2. The van der Waals surface area contributed by atoms with Crippen LogP contribution in [0, 0.1) is 23.7 Å². The standard InChI is InChI=1S/C12H16O/c1-7-4-10-8-2-3-9(5-8)11(10)6-12(7)13/h4,7-9,11H,2-3,5-6H2,1H3. The normalized spacial score (nSPS) is 47.8. The third kappa shape index (κ3) is 0.962. The summed E-state index contributed by atoms with van der Waals surface area (Å²) in [6.45, 7) is 2.05. The zero-order chi connectivity index (χ0) is 9.00. The van der Waals surface area contributed by atoms with E-state index >= 15 is 0 Å². The molecule has 0 aromatic carbocycles. The summed E-state index contributed by atoms with van der Waals surface area (Å²) in [4.78, 5) is 11.6. The van der Waals surface area contributed by atoms with Gasteiger partial charge in [0, 0.05) is 12.3 Å². The molecule has 3 rings (SSSR count). The third-order valence-electron chi connectivity index (χ3n) is 4.31. The Labute approximate surface area is 79.2 Å². The lowest BCUT2D eigenvalue weighted by atomic mass is 9.74. The van der Waals surface area contributed by atoms with Crippen molar-refractivity contribution in [2.45, 2.75) is 32.6 Å². The molecule has 0 aromatic heterocycles. The maximum Gasteiger partial charge on any atom is 0.140 e. The van der Waals surface area contributed by atoms with Crippen LogP contribution >= 0.6 is 0 Å². The molecule has 13 heavy (non-hydrogen) atoms. The topological polar surface area (TPSA) is 17.1 Å². The molecule has 0 aliphatic heterocycles. The first-order chi connectivity index (χ1) is 6.25. The van der Waals surface area contributed by atoms with Crippen molar-refractivity contribution in [1.29, 1.82) is 0 Å². The molecule has 2 fully saturated rings. The molecule has 0 amide bonds. The summed E-state index contributed by atoms with van der Waals surface area (Å²) < 4.78 is 0. The number of hydrogen-bond acceptors (Lipinski definition) is 1. The van der Waals surface area contributed by atoms with Crippen molar-refractivity contribution in [2.24, 2.45) is 23.7 Å². The lowest BCUT2D eigenvalue weighted by molar-refractivity contribution is -0.122. The van der Waals surface area contributed by atoms with E-state index < -0.39 is 0 Å². The molecule has 0 radical (unpaired) electrons. The van der Waals surface area contributed by atoms with Crippen molar-refractivity contribution in [3.8, 4) is 0 Å². The van der Waals surface area contributed by atoms with Crippen molar-refractivity contribution in [3.63, 3.8) is 0 Å². The van der Waals surface area contributed by atoms with Gasteiger partial charge in [-0.1, -0.05) is 18.6 Å². The smallest absolute Gasteiger partial charge is 0.140 e. The van der Waals surface area contributed by atoms with Gasteiger partial charge in [0.15, 0.2) is 0 Å². The van der Waals surface area contributed by atoms with Gasteiger partial charge < -0.3 is 0 Å². The Balaban J connectivity index is 1.99. The van der Waals surface area contributed by atoms with Crippen molar-refractivity contribution < 1.29 is 4.79 Å². The second-order valence-corrected chi connectivity index (χ2v) is 5.00. The number of rotatable bonds is 0. The predicted molar refractivity (Wildman–Crippen MR) is 51.2 cm³/mol. The van der Waals surface area contributed by atoms with Crippen LogP contribution in [0.2, 0.25) is 0 Å². The zero-order valence-corrected chi connectivity index (χ0v) is 8.12. The fraction of sp³-hybridized carbons (Fsp3) is 0.750. The lowest BCUT2D eigenvalue weighted by Gasteiger charge is -2.29. The average Bonchev–Trinajstić information content (AvgIpc) is 2.67. The molecule has 0 aromatic rings. The van der Waals surface area contributed by atoms with Gasteiger partial charge >= 0.3 is 0 Å². The number of fused-ring (bicyclic) bond motifs is 5. The SMILES string of the molecule is CC1C=C2C3CCC(C3)C2CC1=O. The Bertz CT molecular complexity index is 289. The van der Waals surface area contributed by atoms with E-state index in [1.165, 1.54) is 19.3 Å². The highest BCUT2D eigenvalue weighted by atomic mass is 16.1. The van der Waals surface area contributed by atoms with Crippen LogP contribution in [-0.4, -0.2) is 5.78 Å². The first kappa shape index (κ1) is 7.78. The quantitative estimate of drug-likeness (QED) is 0.518. The van der Waals surface area contributed by atoms with Crippen LogP contribution in [0.3, 0.4) is 0 Å². The molecule has 1 heteroatoms. The van der Waals surface area contributed by atoms with Gasteiger partial charge in [0.05, 0.1) is 0 Å². The van der Waals surface area contributed by atoms with Crippen LogP contribution in [-0.2, 0) is 4.79 Å². The van der Waals surface area contributed by atoms with Crippen LogP contribution in [0.25, 0.3) is 0 Å². The summed E-state index contributed by atoms with van der Waals surface area (Å²) in [6, 6.07) is 0. The molecule has 70 valence electrons. The van der Waals surface area contributed by atoms with E-state index in [0.29, 0.717) is 11.7 Å². The van der Waals surface area contributed by atoms with Crippen LogP contribution in [0.4, 0.5) is 0 Å². The van der Waals surface area contributed by atoms with Gasteiger partial charge in [-0.05, 0) is 37.0 Å². The van der Waals surface area contributed by atoms with E-state index in [4.69, 9.17) is 0 Å². The highest BCUT2D eigenvalue weighted by Crippen LogP contribution is 2.55. The fourth-order valence-corrected chi connectivity index (χ4v) is 3.59. The summed E-state index contributed by atoms with van der Waals surface area (Å²) in [5.41, 5.74) is 1.66. The molecule has 4 unspecified atom stereocenters. The Morgan fingerprint density at radius 3 is 3.08 bits per heavy atom. The van der Waals surface area contributed by atoms with Crippen LogP contribution in [0.5, 0.6) is 0 Å². The van der Waals surface area contributed by atoms with Crippen molar-refractivity contribution in [1.82, 2.24) is 0 Å². The molecule has 0 N–H and O–H groups in total. The van der Waals surface area contributed by atoms with Gasteiger partial charge in [-0.15, -0.1) is 0 Å². The molecular weight excluding hydrogens is 160 g/mol. The molecule has 2 saturated carbocycles. The lowest BCUT2D eigenvalue weighted by Crippen LogP contribution is -2.25. The second-order valence-electron chi connectivity index (χ2n) is 5.00. The van der Waals surface area contributed by atoms with Crippen LogP contribution in [0.1, 0.15) is 32.6 Å². The van der Waals surface area contributed by atoms with E-state index in [2.05, 4.69) is 13.0 Å². The monoisotopic (exact) mass is 176 g/mol. The Morgan fingerprint density at radius 1 is 1.38 bits per heavy atom. The van der Waals surface area contributed by atoms with Crippen molar-refractivity contribution >= 4 is 5.78 Å². The number of carbonyl (C=O) groups excluding carboxylic acids is 1. The van der Waals surface area contributed by atoms with Gasteiger partial charge in [-0.2, -0.15) is 0 Å². The summed E-state index contributed by atoms with van der Waals surface area (Å²) in [5, 5.41) is 0. The van der Waals surface area contributed by atoms with Crippen LogP contribution < -0.4 is 0 Å². The Morgan fingerprint density at radius 2 is 2.23 bits per heavy atom. The molecular formula is C12H16O. The number of ketones is 1. The molecule has 3 aliphatic carbocycles. The first-order valence-electron chi connectivity index (χ1n) is 5.50. The van der Waals surface area contributed by atoms with E-state index in [1.807, 2.05) is 0 Å². The van der Waals surface area contributed by atoms with E-state index in [1.54, 1.807) is 5.57 Å². The van der Waals surface area contributed by atoms with Crippen LogP contribution in [0.15, 0.2) is 11.6 Å². The minimum atomic E-state index is 0.214. The van der Waals surface area contributed by atoms with E-state index in [-0.39, 0.29) is 5.92 Å². The summed E-state index contributed by atoms with van der Waals surface area (Å²) in [6.07, 6.45) is 7.30. The number of Topliss-reactive ketones (excluding diaryl/α,β-unsaturated/α-hetero) is 1. The maximum atomic E-state index is 11.6. The molecule has 0 heterocycles. The summed E-state index contributed by atoms with van der Waals surface area (Å²) >= 11 is 0. The highest BCUT2D eigenvalue weighted by Gasteiger charge is 2.46. The molecule has 1 nitrogen and oxygen atoms in total. The minimum absolute atomic E-state index is 0.214. The van der Waals surface area contributed by atoms with Gasteiger partial charge in [0.2, 0.25) is 0 Å². The van der Waals surface area contributed by atoms with Crippen molar-refractivity contribution in [2.75, 3.05) is 0 Å². The molecule has 0 saturated heterocycles. The van der Waals surface area contributed by atoms with Gasteiger partial charge in [-0.25, -0.2) is 0 Å². The Kier molecular flexibility index (Phi) is 1.47. The fourth-order valence-electron chi connectivity index (χ4n) is 3.59. The average molecular weight is 176 g/mol. The Hall–Kier alpha value is -0.590. The number of hydrogen-bond donors (Lipinski definition) is 0. The third-order valence-corrected chi connectivity index (χ3v) is 4.31. The first-order valence-corrected chi connectivity index (χ1v) is 5.50. The molecule has 4 atom stereocenters. The van der Waals surface area contributed by atoms with Gasteiger partial charge in [-0.3, -0.25) is 4.79 Å². The van der Waals surface area contributed by atoms with E-state index in [9.17, 15) is 4.79 Å².